The Bertz CT molecular complexity index is 637. The molecule has 0 bridgehead atoms. The Labute approximate surface area is 148 Å². The Morgan fingerprint density at radius 2 is 2.00 bits per heavy atom. The second kappa shape index (κ2) is 7.61. The average Bonchev–Trinajstić information content (AvgIpc) is 2.86. The van der Waals surface area contributed by atoms with Gasteiger partial charge in [0.1, 0.15) is 6.04 Å². The van der Waals surface area contributed by atoms with Crippen molar-refractivity contribution in [1.29, 1.82) is 0 Å². The van der Waals surface area contributed by atoms with E-state index in [9.17, 15) is 22.8 Å². The zero-order chi connectivity index (χ0) is 18.8. The van der Waals surface area contributed by atoms with E-state index in [1.54, 1.807) is 24.3 Å². The van der Waals surface area contributed by atoms with Crippen LogP contribution in [-0.2, 0) is 9.59 Å². The highest BCUT2D eigenvalue weighted by Crippen LogP contribution is 2.23. The van der Waals surface area contributed by atoms with E-state index in [0.29, 0.717) is 23.7 Å². The molecule has 0 spiro atoms. The highest BCUT2D eigenvalue weighted by Gasteiger charge is 2.36. The molecule has 0 aromatic heterocycles. The van der Waals surface area contributed by atoms with Gasteiger partial charge in [-0.2, -0.15) is 13.2 Å². The number of hydrogen-bond acceptors (Lipinski definition) is 3. The van der Waals surface area contributed by atoms with Gasteiger partial charge in [0.05, 0.1) is 12.6 Å². The molecule has 1 aromatic carbocycles. The first-order chi connectivity index (χ1) is 11.6. The van der Waals surface area contributed by atoms with Gasteiger partial charge in [-0.25, -0.2) is 0 Å². The largest absolute Gasteiger partial charge is 0.401 e. The maximum atomic E-state index is 12.4. The van der Waals surface area contributed by atoms with E-state index in [1.807, 2.05) is 0 Å². The van der Waals surface area contributed by atoms with Gasteiger partial charge in [-0.3, -0.25) is 14.5 Å². The Morgan fingerprint density at radius 3 is 2.56 bits per heavy atom. The van der Waals surface area contributed by atoms with E-state index < -0.39 is 30.7 Å². The number of carbonyl (C=O) groups excluding carboxylic acids is 2. The molecule has 0 aliphatic carbocycles. The minimum atomic E-state index is -4.39. The molecule has 138 valence electrons. The van der Waals surface area contributed by atoms with Crippen molar-refractivity contribution in [3.05, 3.63) is 29.3 Å². The second-order valence-corrected chi connectivity index (χ2v) is 6.46. The molecule has 0 saturated carbocycles. The third-order valence-electron chi connectivity index (χ3n) is 4.13. The topological polar surface area (TPSA) is 52.7 Å². The molecule has 9 heteroatoms. The van der Waals surface area contributed by atoms with Gasteiger partial charge in [-0.15, -0.1) is 0 Å². The Hall–Kier alpha value is -1.80. The molecular weight excluding hydrogens is 359 g/mol. The highest BCUT2D eigenvalue weighted by atomic mass is 35.5. The minimum Gasteiger partial charge on any atom is -0.343 e. The quantitative estimate of drug-likeness (QED) is 0.857. The third kappa shape index (κ3) is 5.09. The molecule has 25 heavy (non-hydrogen) atoms. The van der Waals surface area contributed by atoms with Crippen molar-refractivity contribution in [1.82, 2.24) is 10.2 Å². The summed E-state index contributed by atoms with van der Waals surface area (Å²) in [7, 11) is 1.22. The smallest absolute Gasteiger partial charge is 0.343 e. The summed E-state index contributed by atoms with van der Waals surface area (Å²) >= 11 is 5.82. The van der Waals surface area contributed by atoms with Crippen molar-refractivity contribution in [2.75, 3.05) is 25.0 Å². The first kappa shape index (κ1) is 19.5. The first-order valence-electron chi connectivity index (χ1n) is 7.73. The average molecular weight is 378 g/mol. The van der Waals surface area contributed by atoms with Crippen LogP contribution in [0.1, 0.15) is 13.3 Å². The standard InChI is InChI=1S/C16H19ClF3N3O2/c1-10(22(2)9-16(18,19)20)14(24)21-13-7-8-23(15(13)25)12-5-3-11(17)4-6-12/h3-6,10,13H,7-9H2,1-2H3,(H,21,24)/t10-,13-/m0/s1. The predicted molar refractivity (Wildman–Crippen MR) is 88.5 cm³/mol. The predicted octanol–water partition coefficient (Wildman–Crippen LogP) is 2.44. The van der Waals surface area contributed by atoms with Gasteiger partial charge in [0.25, 0.3) is 0 Å². The number of carbonyl (C=O) groups is 2. The summed E-state index contributed by atoms with van der Waals surface area (Å²) in [6.45, 7) is 0.590. The number of benzene rings is 1. The monoisotopic (exact) mass is 377 g/mol. The Balaban J connectivity index is 1.95. The zero-order valence-electron chi connectivity index (χ0n) is 13.8. The molecule has 2 atom stereocenters. The fraction of sp³-hybridized carbons (Fsp3) is 0.500. The molecule has 1 aliphatic rings. The molecule has 1 fully saturated rings. The summed E-state index contributed by atoms with van der Waals surface area (Å²) in [4.78, 5) is 27.0. The van der Waals surface area contributed by atoms with E-state index in [4.69, 9.17) is 11.6 Å². The molecule has 1 aromatic rings. The lowest BCUT2D eigenvalue weighted by atomic mass is 10.2. The van der Waals surface area contributed by atoms with Crippen LogP contribution in [0.4, 0.5) is 18.9 Å². The van der Waals surface area contributed by atoms with E-state index in [1.165, 1.54) is 18.9 Å². The summed E-state index contributed by atoms with van der Waals surface area (Å²) < 4.78 is 37.3. The number of rotatable bonds is 5. The van der Waals surface area contributed by atoms with Gasteiger partial charge in [-0.05, 0) is 44.7 Å². The molecule has 1 saturated heterocycles. The van der Waals surface area contributed by atoms with Crippen molar-refractivity contribution in [3.8, 4) is 0 Å². The lowest BCUT2D eigenvalue weighted by Gasteiger charge is -2.26. The van der Waals surface area contributed by atoms with E-state index in [0.717, 1.165) is 4.90 Å². The number of halogens is 4. The first-order valence-corrected chi connectivity index (χ1v) is 8.10. The number of amides is 2. The van der Waals surface area contributed by atoms with Crippen LogP contribution in [-0.4, -0.2) is 55.1 Å². The van der Waals surface area contributed by atoms with Crippen LogP contribution in [0.15, 0.2) is 24.3 Å². The van der Waals surface area contributed by atoms with Crippen molar-refractivity contribution >= 4 is 29.1 Å². The summed E-state index contributed by atoms with van der Waals surface area (Å²) in [5.74, 6) is -0.899. The normalized spacial score (nSPS) is 19.4. The van der Waals surface area contributed by atoms with Gasteiger partial charge in [-0.1, -0.05) is 11.6 Å². The number of nitrogens with one attached hydrogen (secondary N) is 1. The van der Waals surface area contributed by atoms with Crippen LogP contribution in [0.3, 0.4) is 0 Å². The van der Waals surface area contributed by atoms with E-state index in [2.05, 4.69) is 5.32 Å². The van der Waals surface area contributed by atoms with Gasteiger partial charge in [0, 0.05) is 17.3 Å². The number of nitrogens with zero attached hydrogens (tertiary/aromatic N) is 2. The molecule has 5 nitrogen and oxygen atoms in total. The van der Waals surface area contributed by atoms with Gasteiger partial charge >= 0.3 is 6.18 Å². The number of hydrogen-bond donors (Lipinski definition) is 1. The number of likely N-dealkylation sites (N-methyl/N-ethyl adjacent to an activating group) is 1. The summed E-state index contributed by atoms with van der Waals surface area (Å²) in [5.41, 5.74) is 0.661. The minimum absolute atomic E-state index is 0.290. The summed E-state index contributed by atoms with van der Waals surface area (Å²) in [6.07, 6.45) is -4.00. The second-order valence-electron chi connectivity index (χ2n) is 6.02. The molecule has 2 rings (SSSR count). The SMILES string of the molecule is C[C@@H](C(=O)N[C@H]1CCN(c2ccc(Cl)cc2)C1=O)N(C)CC(F)(F)F. The molecule has 1 N–H and O–H groups in total. The van der Waals surface area contributed by atoms with Crippen molar-refractivity contribution in [3.63, 3.8) is 0 Å². The maximum Gasteiger partial charge on any atom is 0.401 e. The molecule has 0 unspecified atom stereocenters. The molecule has 1 aliphatic heterocycles. The Morgan fingerprint density at radius 1 is 1.40 bits per heavy atom. The number of alkyl halides is 3. The number of anilines is 1. The highest BCUT2D eigenvalue weighted by molar-refractivity contribution is 6.30. The summed E-state index contributed by atoms with van der Waals surface area (Å²) in [5, 5.41) is 3.08. The van der Waals surface area contributed by atoms with Crippen molar-refractivity contribution in [2.24, 2.45) is 0 Å². The Kier molecular flexibility index (Phi) is 5.95. The van der Waals surface area contributed by atoms with Gasteiger partial charge in [0.15, 0.2) is 0 Å². The van der Waals surface area contributed by atoms with Crippen LogP contribution in [0, 0.1) is 0 Å². The zero-order valence-corrected chi connectivity index (χ0v) is 14.6. The molecule has 0 radical (unpaired) electrons. The van der Waals surface area contributed by atoms with Crippen LogP contribution < -0.4 is 10.2 Å². The van der Waals surface area contributed by atoms with Crippen LogP contribution in [0.2, 0.25) is 5.02 Å². The van der Waals surface area contributed by atoms with Crippen LogP contribution in [0.5, 0.6) is 0 Å². The van der Waals surface area contributed by atoms with Gasteiger partial charge < -0.3 is 10.2 Å². The summed E-state index contributed by atoms with van der Waals surface area (Å²) in [6, 6.07) is 4.96. The fourth-order valence-electron chi connectivity index (χ4n) is 2.60. The maximum absolute atomic E-state index is 12.4. The third-order valence-corrected chi connectivity index (χ3v) is 4.38. The molecule has 2 amide bonds. The van der Waals surface area contributed by atoms with E-state index >= 15 is 0 Å². The van der Waals surface area contributed by atoms with Crippen molar-refractivity contribution < 1.29 is 22.8 Å². The van der Waals surface area contributed by atoms with Crippen molar-refractivity contribution in [2.45, 2.75) is 31.6 Å². The lowest BCUT2D eigenvalue weighted by Crippen LogP contribution is -2.51. The van der Waals surface area contributed by atoms with Crippen LogP contribution >= 0.6 is 11.6 Å². The van der Waals surface area contributed by atoms with E-state index in [-0.39, 0.29) is 5.91 Å². The van der Waals surface area contributed by atoms with Gasteiger partial charge in [0.2, 0.25) is 11.8 Å². The lowest BCUT2D eigenvalue weighted by molar-refractivity contribution is -0.151. The fourth-order valence-corrected chi connectivity index (χ4v) is 2.73. The molecule has 1 heterocycles. The molecular formula is C16H19ClF3N3O2. The van der Waals surface area contributed by atoms with Crippen LogP contribution in [0.25, 0.3) is 0 Å².